The molecule has 0 aliphatic rings. The summed E-state index contributed by atoms with van der Waals surface area (Å²) in [4.78, 5) is 15.5. The molecule has 1 rings (SSSR count). The molecule has 19 heavy (non-hydrogen) atoms. The predicted molar refractivity (Wildman–Crippen MR) is 73.6 cm³/mol. The number of sulfonamides is 1. The number of aliphatic hydroxyl groups is 1. The molecule has 108 valence electrons. The van der Waals surface area contributed by atoms with Crippen LogP contribution in [0.1, 0.15) is 19.5 Å². The number of nitrogens with zero attached hydrogens (tertiary/aromatic N) is 1. The summed E-state index contributed by atoms with van der Waals surface area (Å²) in [6.45, 7) is 3.32. The molecule has 0 spiro atoms. The summed E-state index contributed by atoms with van der Waals surface area (Å²) in [6.07, 6.45) is 1.07. The Balaban J connectivity index is 2.52. The van der Waals surface area contributed by atoms with Gasteiger partial charge in [0.05, 0.1) is 24.0 Å². The second-order valence-corrected chi connectivity index (χ2v) is 7.39. The average Bonchev–Trinajstić information content (AvgIpc) is 2.58. The summed E-state index contributed by atoms with van der Waals surface area (Å²) in [5.41, 5.74) is -0.495. The first-order chi connectivity index (χ1) is 8.55. The van der Waals surface area contributed by atoms with E-state index in [0.29, 0.717) is 5.69 Å². The van der Waals surface area contributed by atoms with Crippen LogP contribution < -0.4 is 10.0 Å². The van der Waals surface area contributed by atoms with E-state index in [0.717, 1.165) is 17.6 Å². The van der Waals surface area contributed by atoms with Gasteiger partial charge >= 0.3 is 0 Å². The van der Waals surface area contributed by atoms with Crippen molar-refractivity contribution in [2.75, 3.05) is 17.5 Å². The molecule has 0 saturated carbocycles. The third-order valence-corrected chi connectivity index (χ3v) is 3.38. The predicted octanol–water partition coefficient (Wildman–Crippen LogP) is -0.0558. The van der Waals surface area contributed by atoms with Gasteiger partial charge in [-0.05, 0) is 13.8 Å². The van der Waals surface area contributed by atoms with Crippen molar-refractivity contribution >= 4 is 32.4 Å². The Hall–Kier alpha value is -1.19. The first-order valence-corrected chi connectivity index (χ1v) is 8.23. The zero-order valence-electron chi connectivity index (χ0n) is 10.9. The molecule has 0 saturated heterocycles. The lowest BCUT2D eigenvalue weighted by atomic mass is 10.1. The number of anilines is 1. The standard InChI is InChI=1S/C10H17N3O4S2/c1-10(2,15)6-11-8(14)4-7-5-18-9(12-7)13-19(3,16)17/h5,15H,4,6H2,1-3H3,(H,11,14)(H,12,13). The molecule has 1 amide bonds. The molecule has 0 atom stereocenters. The summed E-state index contributed by atoms with van der Waals surface area (Å²) in [6, 6.07) is 0. The van der Waals surface area contributed by atoms with Crippen LogP contribution in [-0.2, 0) is 21.2 Å². The third-order valence-electron chi connectivity index (χ3n) is 1.88. The minimum Gasteiger partial charge on any atom is -0.389 e. The van der Waals surface area contributed by atoms with Gasteiger partial charge in [-0.15, -0.1) is 11.3 Å². The first-order valence-electron chi connectivity index (χ1n) is 5.46. The monoisotopic (exact) mass is 307 g/mol. The zero-order valence-corrected chi connectivity index (χ0v) is 12.6. The number of hydrogen-bond donors (Lipinski definition) is 3. The fraction of sp³-hybridized carbons (Fsp3) is 0.600. The van der Waals surface area contributed by atoms with Crippen LogP contribution in [-0.4, -0.2) is 42.8 Å². The highest BCUT2D eigenvalue weighted by Crippen LogP contribution is 2.16. The molecular weight excluding hydrogens is 290 g/mol. The van der Waals surface area contributed by atoms with E-state index in [4.69, 9.17) is 0 Å². The van der Waals surface area contributed by atoms with E-state index in [1.807, 2.05) is 0 Å². The lowest BCUT2D eigenvalue weighted by molar-refractivity contribution is -0.121. The maximum Gasteiger partial charge on any atom is 0.231 e. The minimum atomic E-state index is -3.36. The van der Waals surface area contributed by atoms with Crippen molar-refractivity contribution in [2.45, 2.75) is 25.9 Å². The second-order valence-electron chi connectivity index (χ2n) is 4.78. The Morgan fingerprint density at radius 2 is 2.16 bits per heavy atom. The summed E-state index contributed by atoms with van der Waals surface area (Å²) in [7, 11) is -3.36. The van der Waals surface area contributed by atoms with Crippen LogP contribution in [0, 0.1) is 0 Å². The molecule has 0 unspecified atom stereocenters. The molecule has 1 heterocycles. The maximum atomic E-state index is 11.6. The van der Waals surface area contributed by atoms with Gasteiger partial charge in [0.15, 0.2) is 5.13 Å². The van der Waals surface area contributed by atoms with E-state index >= 15 is 0 Å². The normalized spacial score (nSPS) is 12.2. The number of rotatable bonds is 6. The van der Waals surface area contributed by atoms with Crippen LogP contribution in [0.25, 0.3) is 0 Å². The molecule has 0 fully saturated rings. The van der Waals surface area contributed by atoms with Crippen LogP contribution >= 0.6 is 11.3 Å². The lowest BCUT2D eigenvalue weighted by Crippen LogP contribution is -2.38. The quantitative estimate of drug-likeness (QED) is 0.682. The largest absolute Gasteiger partial charge is 0.389 e. The van der Waals surface area contributed by atoms with Gasteiger partial charge in [0.1, 0.15) is 0 Å². The highest BCUT2D eigenvalue weighted by atomic mass is 32.2. The average molecular weight is 307 g/mol. The first kappa shape index (κ1) is 15.9. The Morgan fingerprint density at radius 1 is 1.53 bits per heavy atom. The van der Waals surface area contributed by atoms with Crippen molar-refractivity contribution in [1.82, 2.24) is 10.3 Å². The van der Waals surface area contributed by atoms with Crippen molar-refractivity contribution < 1.29 is 18.3 Å². The van der Waals surface area contributed by atoms with E-state index in [1.54, 1.807) is 19.2 Å². The van der Waals surface area contributed by atoms with Crippen molar-refractivity contribution in [3.8, 4) is 0 Å². The van der Waals surface area contributed by atoms with E-state index < -0.39 is 15.6 Å². The van der Waals surface area contributed by atoms with Gasteiger partial charge in [-0.1, -0.05) is 0 Å². The topological polar surface area (TPSA) is 108 Å². The molecule has 1 aromatic rings. The second kappa shape index (κ2) is 5.85. The number of thiazole rings is 1. The molecular formula is C10H17N3O4S2. The number of aromatic nitrogens is 1. The van der Waals surface area contributed by atoms with Crippen LogP contribution in [0.3, 0.4) is 0 Å². The van der Waals surface area contributed by atoms with Gasteiger partial charge < -0.3 is 10.4 Å². The van der Waals surface area contributed by atoms with Gasteiger partial charge in [-0.2, -0.15) is 0 Å². The van der Waals surface area contributed by atoms with E-state index in [1.165, 1.54) is 0 Å². The Kier molecular flexibility index (Phi) is 4.88. The van der Waals surface area contributed by atoms with E-state index in [2.05, 4.69) is 15.0 Å². The lowest BCUT2D eigenvalue weighted by Gasteiger charge is -2.17. The van der Waals surface area contributed by atoms with Gasteiger partial charge in [-0.3, -0.25) is 9.52 Å². The molecule has 0 aromatic carbocycles. The van der Waals surface area contributed by atoms with Crippen molar-refractivity contribution in [3.05, 3.63) is 11.1 Å². The Bertz CT molecular complexity index is 545. The summed E-state index contributed by atoms with van der Waals surface area (Å²) < 4.78 is 24.2. The molecule has 0 aliphatic carbocycles. The van der Waals surface area contributed by atoms with Gasteiger partial charge in [-0.25, -0.2) is 13.4 Å². The van der Waals surface area contributed by atoms with Crippen LogP contribution in [0.15, 0.2) is 5.38 Å². The highest BCUT2D eigenvalue weighted by molar-refractivity contribution is 7.92. The molecule has 7 nitrogen and oxygen atoms in total. The van der Waals surface area contributed by atoms with Crippen molar-refractivity contribution in [1.29, 1.82) is 0 Å². The van der Waals surface area contributed by atoms with Crippen LogP contribution in [0.2, 0.25) is 0 Å². The molecule has 1 aromatic heterocycles. The van der Waals surface area contributed by atoms with Crippen LogP contribution in [0.4, 0.5) is 5.13 Å². The van der Waals surface area contributed by atoms with Crippen LogP contribution in [0.5, 0.6) is 0 Å². The Labute approximate surface area is 116 Å². The van der Waals surface area contributed by atoms with Crippen molar-refractivity contribution in [2.24, 2.45) is 0 Å². The smallest absolute Gasteiger partial charge is 0.231 e. The highest BCUT2D eigenvalue weighted by Gasteiger charge is 2.15. The third kappa shape index (κ3) is 7.09. The zero-order chi connectivity index (χ0) is 14.7. The van der Waals surface area contributed by atoms with E-state index in [-0.39, 0.29) is 24.0 Å². The summed E-state index contributed by atoms with van der Waals surface area (Å²) in [5, 5.41) is 13.9. The number of amides is 1. The summed E-state index contributed by atoms with van der Waals surface area (Å²) >= 11 is 1.11. The minimum absolute atomic E-state index is 0.0397. The van der Waals surface area contributed by atoms with Gasteiger partial charge in [0, 0.05) is 11.9 Å². The fourth-order valence-electron chi connectivity index (χ4n) is 1.14. The van der Waals surface area contributed by atoms with E-state index in [9.17, 15) is 18.3 Å². The molecule has 9 heteroatoms. The molecule has 0 bridgehead atoms. The molecule has 0 aliphatic heterocycles. The summed E-state index contributed by atoms with van der Waals surface area (Å²) in [5.74, 6) is -0.279. The molecule has 0 radical (unpaired) electrons. The number of carbonyl (C=O) groups excluding carboxylic acids is 1. The number of nitrogens with one attached hydrogen (secondary N) is 2. The fourth-order valence-corrected chi connectivity index (χ4v) is 2.70. The maximum absolute atomic E-state index is 11.6. The molecule has 3 N–H and O–H groups in total. The SMILES string of the molecule is CC(C)(O)CNC(=O)Cc1csc(NS(C)(=O)=O)n1. The van der Waals surface area contributed by atoms with Gasteiger partial charge in [0.2, 0.25) is 15.9 Å². The Morgan fingerprint density at radius 3 is 2.68 bits per heavy atom. The number of carbonyl (C=O) groups is 1. The van der Waals surface area contributed by atoms with Crippen molar-refractivity contribution in [3.63, 3.8) is 0 Å². The number of hydrogen-bond acceptors (Lipinski definition) is 6. The van der Waals surface area contributed by atoms with Gasteiger partial charge in [0.25, 0.3) is 0 Å².